The van der Waals surface area contributed by atoms with Gasteiger partial charge in [-0.25, -0.2) is 4.98 Å². The number of para-hydroxylation sites is 2. The van der Waals surface area contributed by atoms with E-state index in [0.29, 0.717) is 23.9 Å². The van der Waals surface area contributed by atoms with E-state index >= 15 is 0 Å². The van der Waals surface area contributed by atoms with Crippen LogP contribution in [0, 0.1) is 0 Å². The number of rotatable bonds is 8. The van der Waals surface area contributed by atoms with E-state index in [1.54, 1.807) is 31.4 Å². The van der Waals surface area contributed by atoms with Gasteiger partial charge in [-0.3, -0.25) is 19.0 Å². The van der Waals surface area contributed by atoms with Crippen LogP contribution in [0.15, 0.2) is 59.7 Å². The molecule has 1 heterocycles. The number of amides is 2. The van der Waals surface area contributed by atoms with Crippen LogP contribution in [0.1, 0.15) is 5.56 Å². The number of methoxy groups -OCH3 is 1. The fourth-order valence-corrected chi connectivity index (χ4v) is 2.92. The van der Waals surface area contributed by atoms with E-state index < -0.39 is 5.91 Å². The minimum absolute atomic E-state index is 0.166. The lowest BCUT2D eigenvalue weighted by Crippen LogP contribution is -2.40. The molecule has 3 rings (SSSR count). The molecule has 0 bridgehead atoms. The maximum Gasteiger partial charge on any atom is 0.261 e. The van der Waals surface area contributed by atoms with Gasteiger partial charge in [-0.15, -0.1) is 0 Å². The Morgan fingerprint density at radius 2 is 1.79 bits per heavy atom. The normalized spacial score (nSPS) is 10.5. The first-order valence-electron chi connectivity index (χ1n) is 9.18. The van der Waals surface area contributed by atoms with Crippen molar-refractivity contribution < 1.29 is 14.3 Å². The second-order valence-electron chi connectivity index (χ2n) is 6.38. The van der Waals surface area contributed by atoms with Crippen molar-refractivity contribution in [1.29, 1.82) is 0 Å². The Kier molecular flexibility index (Phi) is 6.57. The monoisotopic (exact) mass is 394 g/mol. The standard InChI is InChI=1S/C21H22N4O4/c1-29-18-9-5-2-6-15(18)10-11-22-19(26)12-23-20(27)13-25-14-24-17-8-4-3-7-16(17)21(25)28/h2-9,14H,10-13H2,1H3,(H,22,26)(H,23,27). The van der Waals surface area contributed by atoms with Crippen molar-refractivity contribution in [2.45, 2.75) is 13.0 Å². The van der Waals surface area contributed by atoms with Gasteiger partial charge in [-0.1, -0.05) is 30.3 Å². The fourth-order valence-electron chi connectivity index (χ4n) is 2.92. The van der Waals surface area contributed by atoms with Gasteiger partial charge in [0.25, 0.3) is 5.56 Å². The Bertz CT molecular complexity index is 1080. The van der Waals surface area contributed by atoms with Gasteiger partial charge < -0.3 is 15.4 Å². The van der Waals surface area contributed by atoms with Crippen molar-refractivity contribution in [2.75, 3.05) is 20.2 Å². The summed E-state index contributed by atoms with van der Waals surface area (Å²) in [5.41, 5.74) is 1.26. The molecule has 8 nitrogen and oxygen atoms in total. The molecule has 0 saturated heterocycles. The van der Waals surface area contributed by atoms with Gasteiger partial charge in [0.1, 0.15) is 12.3 Å². The SMILES string of the molecule is COc1ccccc1CCNC(=O)CNC(=O)Cn1cnc2ccccc2c1=O. The minimum atomic E-state index is -0.441. The highest BCUT2D eigenvalue weighted by atomic mass is 16.5. The van der Waals surface area contributed by atoms with Crippen LogP contribution in [0.25, 0.3) is 10.9 Å². The van der Waals surface area contributed by atoms with Crippen molar-refractivity contribution in [3.8, 4) is 5.75 Å². The fraction of sp³-hybridized carbons (Fsp3) is 0.238. The van der Waals surface area contributed by atoms with E-state index in [2.05, 4.69) is 15.6 Å². The Labute approximate surface area is 167 Å². The molecule has 0 aliphatic rings. The van der Waals surface area contributed by atoms with Gasteiger partial charge in [0.15, 0.2) is 0 Å². The van der Waals surface area contributed by atoms with Gasteiger partial charge in [-0.05, 0) is 30.2 Å². The Morgan fingerprint density at radius 1 is 1.03 bits per heavy atom. The number of hydrogen-bond acceptors (Lipinski definition) is 5. The lowest BCUT2D eigenvalue weighted by atomic mass is 10.1. The molecule has 29 heavy (non-hydrogen) atoms. The summed E-state index contributed by atoms with van der Waals surface area (Å²) in [4.78, 5) is 40.6. The molecule has 2 aromatic carbocycles. The van der Waals surface area contributed by atoms with Crippen LogP contribution >= 0.6 is 0 Å². The molecule has 0 fully saturated rings. The van der Waals surface area contributed by atoms with Crippen LogP contribution < -0.4 is 20.9 Å². The van der Waals surface area contributed by atoms with Crippen molar-refractivity contribution in [3.05, 3.63) is 70.8 Å². The molecule has 8 heteroatoms. The molecular weight excluding hydrogens is 372 g/mol. The van der Waals surface area contributed by atoms with Crippen LogP contribution in [-0.2, 0) is 22.6 Å². The van der Waals surface area contributed by atoms with Gasteiger partial charge in [0, 0.05) is 6.54 Å². The van der Waals surface area contributed by atoms with E-state index in [1.165, 1.54) is 10.9 Å². The summed E-state index contributed by atoms with van der Waals surface area (Å²) in [6.07, 6.45) is 1.94. The number of nitrogens with one attached hydrogen (secondary N) is 2. The number of hydrogen-bond donors (Lipinski definition) is 2. The van der Waals surface area contributed by atoms with E-state index in [1.807, 2.05) is 24.3 Å². The van der Waals surface area contributed by atoms with Gasteiger partial charge in [-0.2, -0.15) is 0 Å². The number of carbonyl (C=O) groups excluding carboxylic acids is 2. The molecular formula is C21H22N4O4. The molecule has 0 saturated carbocycles. The molecule has 0 aliphatic heterocycles. The average molecular weight is 394 g/mol. The van der Waals surface area contributed by atoms with E-state index in [-0.39, 0.29) is 24.6 Å². The second-order valence-corrected chi connectivity index (χ2v) is 6.38. The smallest absolute Gasteiger partial charge is 0.261 e. The summed E-state index contributed by atoms with van der Waals surface area (Å²) in [6.45, 7) is 0.0504. The third kappa shape index (κ3) is 5.19. The summed E-state index contributed by atoms with van der Waals surface area (Å²) in [5, 5.41) is 5.70. The summed E-state index contributed by atoms with van der Waals surface area (Å²) in [5.74, 6) is 0.0192. The maximum absolute atomic E-state index is 12.4. The first-order chi connectivity index (χ1) is 14.1. The van der Waals surface area contributed by atoms with Crippen molar-refractivity contribution >= 4 is 22.7 Å². The van der Waals surface area contributed by atoms with Crippen molar-refractivity contribution in [3.63, 3.8) is 0 Å². The highest BCUT2D eigenvalue weighted by Gasteiger charge is 2.10. The predicted octanol–water partition coefficient (Wildman–Crippen LogP) is 0.880. The van der Waals surface area contributed by atoms with E-state index in [4.69, 9.17) is 4.74 Å². The molecule has 0 aliphatic carbocycles. The van der Waals surface area contributed by atoms with Gasteiger partial charge in [0.05, 0.1) is 30.9 Å². The Hall–Kier alpha value is -3.68. The topological polar surface area (TPSA) is 102 Å². The number of ether oxygens (including phenoxy) is 1. The lowest BCUT2D eigenvalue weighted by molar-refractivity contribution is -0.126. The summed E-state index contributed by atoms with van der Waals surface area (Å²) >= 11 is 0. The maximum atomic E-state index is 12.4. The van der Waals surface area contributed by atoms with Crippen LogP contribution in [0.5, 0.6) is 5.75 Å². The molecule has 2 amide bonds. The number of fused-ring (bicyclic) bond motifs is 1. The van der Waals surface area contributed by atoms with Crippen LogP contribution in [0.4, 0.5) is 0 Å². The van der Waals surface area contributed by atoms with E-state index in [9.17, 15) is 14.4 Å². The first kappa shape index (κ1) is 20.1. The number of benzene rings is 2. The van der Waals surface area contributed by atoms with Gasteiger partial charge in [0.2, 0.25) is 11.8 Å². The third-order valence-corrected chi connectivity index (χ3v) is 4.40. The number of aromatic nitrogens is 2. The largest absolute Gasteiger partial charge is 0.496 e. The molecule has 150 valence electrons. The Morgan fingerprint density at radius 3 is 2.62 bits per heavy atom. The molecule has 0 unspecified atom stereocenters. The zero-order chi connectivity index (χ0) is 20.6. The zero-order valence-corrected chi connectivity index (χ0v) is 16.1. The van der Waals surface area contributed by atoms with Crippen LogP contribution in [0.2, 0.25) is 0 Å². The van der Waals surface area contributed by atoms with Crippen molar-refractivity contribution in [1.82, 2.24) is 20.2 Å². The third-order valence-electron chi connectivity index (χ3n) is 4.40. The lowest BCUT2D eigenvalue weighted by Gasteiger charge is -2.10. The van der Waals surface area contributed by atoms with E-state index in [0.717, 1.165) is 11.3 Å². The quantitative estimate of drug-likeness (QED) is 0.591. The van der Waals surface area contributed by atoms with Crippen LogP contribution in [-0.4, -0.2) is 41.6 Å². The first-order valence-corrected chi connectivity index (χ1v) is 9.18. The average Bonchev–Trinajstić information content (AvgIpc) is 2.75. The Balaban J connectivity index is 1.46. The van der Waals surface area contributed by atoms with Crippen LogP contribution in [0.3, 0.4) is 0 Å². The molecule has 1 aromatic heterocycles. The number of carbonyl (C=O) groups is 2. The van der Waals surface area contributed by atoms with Gasteiger partial charge >= 0.3 is 0 Å². The summed E-state index contributed by atoms with van der Waals surface area (Å²) < 4.78 is 6.49. The summed E-state index contributed by atoms with van der Waals surface area (Å²) in [7, 11) is 1.60. The second kappa shape index (κ2) is 9.50. The summed E-state index contributed by atoms with van der Waals surface area (Å²) in [6, 6.07) is 14.5. The van der Waals surface area contributed by atoms with Crippen molar-refractivity contribution in [2.24, 2.45) is 0 Å². The molecule has 3 aromatic rings. The highest BCUT2D eigenvalue weighted by Crippen LogP contribution is 2.17. The highest BCUT2D eigenvalue weighted by molar-refractivity contribution is 5.84. The number of nitrogens with zero attached hydrogens (tertiary/aromatic N) is 2. The molecule has 2 N–H and O–H groups in total. The zero-order valence-electron chi connectivity index (χ0n) is 16.1. The molecule has 0 atom stereocenters. The predicted molar refractivity (Wildman–Crippen MR) is 109 cm³/mol. The molecule has 0 radical (unpaired) electrons. The molecule has 0 spiro atoms. The minimum Gasteiger partial charge on any atom is -0.496 e.